The number of aromatic nitrogens is 1. The molecule has 1 N–H and O–H groups in total. The number of halogens is 2. The topological polar surface area (TPSA) is 49.5 Å². The van der Waals surface area contributed by atoms with Gasteiger partial charge >= 0.3 is 0 Å². The van der Waals surface area contributed by atoms with Crippen molar-refractivity contribution in [2.75, 3.05) is 19.6 Å². The molecule has 0 saturated carbocycles. The molecule has 34 heavy (non-hydrogen) atoms. The highest BCUT2D eigenvalue weighted by molar-refractivity contribution is 5.64. The maximum absolute atomic E-state index is 13.3. The second-order valence-corrected chi connectivity index (χ2v) is 9.56. The summed E-state index contributed by atoms with van der Waals surface area (Å²) in [5.74, 6) is 0.546. The lowest BCUT2D eigenvalue weighted by molar-refractivity contribution is 0.179. The molecule has 178 valence electrons. The van der Waals surface area contributed by atoms with Crippen LogP contribution in [0.15, 0.2) is 53.1 Å². The van der Waals surface area contributed by atoms with Crippen LogP contribution < -0.4 is 10.6 Å². The average molecular weight is 465 g/mol. The van der Waals surface area contributed by atoms with E-state index in [4.69, 9.17) is 4.52 Å². The lowest BCUT2D eigenvalue weighted by atomic mass is 9.89. The Kier molecular flexibility index (Phi) is 6.77. The third-order valence-corrected chi connectivity index (χ3v) is 7.24. The number of likely N-dealkylation sites (tertiary alicyclic amines) is 1. The van der Waals surface area contributed by atoms with Crippen molar-refractivity contribution in [3.05, 3.63) is 76.4 Å². The van der Waals surface area contributed by atoms with Gasteiger partial charge in [0.25, 0.3) is 0 Å². The van der Waals surface area contributed by atoms with Crippen molar-refractivity contribution in [1.29, 1.82) is 0 Å². The Morgan fingerprint density at radius 1 is 0.971 bits per heavy atom. The summed E-state index contributed by atoms with van der Waals surface area (Å²) in [7, 11) is 0. The van der Waals surface area contributed by atoms with Gasteiger partial charge in [-0.05, 0) is 112 Å². The van der Waals surface area contributed by atoms with E-state index in [0.29, 0.717) is 28.0 Å². The van der Waals surface area contributed by atoms with Crippen molar-refractivity contribution in [1.82, 2.24) is 10.1 Å². The van der Waals surface area contributed by atoms with E-state index in [1.807, 2.05) is 18.2 Å². The normalized spacial score (nSPS) is 19.1. The van der Waals surface area contributed by atoms with Crippen LogP contribution in [0, 0.1) is 23.5 Å². The molecule has 1 saturated heterocycles. The molecule has 1 aliphatic carbocycles. The highest BCUT2D eigenvalue weighted by atomic mass is 19.1. The number of nitrogens with zero attached hydrogens (tertiary/aromatic N) is 2. The minimum atomic E-state index is -0.307. The monoisotopic (exact) mass is 464 g/mol. The van der Waals surface area contributed by atoms with Gasteiger partial charge < -0.3 is 14.5 Å². The quantitative estimate of drug-likeness (QED) is 0.545. The SMILES string of the molecule is OC1=c2c(-c3ccc(F)cc3)noc2=CCC1CCCN1CCC(Cc2ccc(F)cc2)CC1. The van der Waals surface area contributed by atoms with Crippen molar-refractivity contribution >= 4 is 11.8 Å². The van der Waals surface area contributed by atoms with Gasteiger partial charge in [-0.25, -0.2) is 8.78 Å². The first-order valence-electron chi connectivity index (χ1n) is 12.2. The number of aliphatic hydroxyl groups excluding tert-OH is 1. The van der Waals surface area contributed by atoms with Crippen LogP contribution in [0.5, 0.6) is 0 Å². The number of piperidine rings is 1. The summed E-state index contributed by atoms with van der Waals surface area (Å²) in [5.41, 5.74) is 3.11. The van der Waals surface area contributed by atoms with Crippen molar-refractivity contribution in [2.45, 2.75) is 38.5 Å². The van der Waals surface area contributed by atoms with Crippen LogP contribution in [0.3, 0.4) is 0 Å². The van der Waals surface area contributed by atoms with Crippen molar-refractivity contribution in [3.8, 4) is 11.3 Å². The van der Waals surface area contributed by atoms with Gasteiger partial charge in [0.15, 0.2) is 5.42 Å². The predicted octanol–water partition coefficient (Wildman–Crippen LogP) is 4.82. The Bertz CT molecular complexity index is 1230. The number of hydrogen-bond donors (Lipinski definition) is 1. The molecule has 2 aliphatic rings. The number of aliphatic hydroxyl groups is 1. The molecule has 4 nitrogen and oxygen atoms in total. The minimum Gasteiger partial charge on any atom is -0.511 e. The predicted molar refractivity (Wildman–Crippen MR) is 128 cm³/mol. The Hall–Kier alpha value is -2.99. The van der Waals surface area contributed by atoms with Crippen molar-refractivity contribution in [3.63, 3.8) is 0 Å². The lowest BCUT2D eigenvalue weighted by Crippen LogP contribution is -2.35. The van der Waals surface area contributed by atoms with E-state index in [1.165, 1.54) is 17.7 Å². The van der Waals surface area contributed by atoms with Gasteiger partial charge in [0.05, 0.1) is 5.22 Å². The number of benzene rings is 2. The van der Waals surface area contributed by atoms with Crippen LogP contribution in [0.2, 0.25) is 0 Å². The van der Waals surface area contributed by atoms with E-state index in [2.05, 4.69) is 10.1 Å². The van der Waals surface area contributed by atoms with Gasteiger partial charge in [0.2, 0.25) is 0 Å². The number of fused-ring (bicyclic) bond motifs is 1. The van der Waals surface area contributed by atoms with E-state index in [1.54, 1.807) is 24.3 Å². The molecule has 2 heterocycles. The van der Waals surface area contributed by atoms with E-state index >= 15 is 0 Å². The van der Waals surface area contributed by atoms with Crippen LogP contribution in [-0.2, 0) is 6.42 Å². The summed E-state index contributed by atoms with van der Waals surface area (Å²) in [4.78, 5) is 2.51. The van der Waals surface area contributed by atoms with Gasteiger partial charge in [-0.2, -0.15) is 0 Å². The van der Waals surface area contributed by atoms with Gasteiger partial charge in [-0.3, -0.25) is 0 Å². The smallest absolute Gasteiger partial charge is 0.166 e. The molecule has 0 amide bonds. The minimum absolute atomic E-state index is 0.0436. The fourth-order valence-corrected chi connectivity index (χ4v) is 5.24. The van der Waals surface area contributed by atoms with Crippen LogP contribution in [0.4, 0.5) is 8.78 Å². The summed E-state index contributed by atoms with van der Waals surface area (Å²) in [6.07, 6.45) is 7.99. The molecule has 3 aromatic rings. The van der Waals surface area contributed by atoms with E-state index in [-0.39, 0.29) is 17.6 Å². The van der Waals surface area contributed by atoms with Gasteiger partial charge in [0.1, 0.15) is 23.1 Å². The van der Waals surface area contributed by atoms with E-state index in [9.17, 15) is 13.9 Å². The maximum atomic E-state index is 13.3. The molecular formula is C28H30F2N2O2. The average Bonchev–Trinajstić information content (AvgIpc) is 3.29. The largest absolute Gasteiger partial charge is 0.511 e. The lowest BCUT2D eigenvalue weighted by Gasteiger charge is -2.32. The number of hydrogen-bond acceptors (Lipinski definition) is 4. The molecule has 1 atom stereocenters. The fourth-order valence-electron chi connectivity index (χ4n) is 5.24. The van der Waals surface area contributed by atoms with Crippen LogP contribution in [-0.4, -0.2) is 34.8 Å². The zero-order chi connectivity index (χ0) is 23.5. The molecule has 1 aromatic heterocycles. The second-order valence-electron chi connectivity index (χ2n) is 9.56. The Labute approximate surface area is 198 Å². The van der Waals surface area contributed by atoms with Gasteiger partial charge in [-0.1, -0.05) is 17.3 Å². The second kappa shape index (κ2) is 10.1. The molecule has 0 radical (unpaired) electrons. The highest BCUT2D eigenvalue weighted by Gasteiger charge is 2.24. The van der Waals surface area contributed by atoms with Crippen molar-refractivity contribution in [2.24, 2.45) is 11.8 Å². The van der Waals surface area contributed by atoms with Gasteiger partial charge in [-0.15, -0.1) is 0 Å². The Morgan fingerprint density at radius 3 is 2.35 bits per heavy atom. The first kappa shape index (κ1) is 22.8. The van der Waals surface area contributed by atoms with E-state index in [0.717, 1.165) is 63.7 Å². The zero-order valence-electron chi connectivity index (χ0n) is 19.2. The van der Waals surface area contributed by atoms with Crippen molar-refractivity contribution < 1.29 is 18.4 Å². The van der Waals surface area contributed by atoms with Gasteiger partial charge in [0, 0.05) is 11.5 Å². The third-order valence-electron chi connectivity index (χ3n) is 7.24. The summed E-state index contributed by atoms with van der Waals surface area (Å²) >= 11 is 0. The molecule has 1 fully saturated rings. The molecule has 0 spiro atoms. The summed E-state index contributed by atoms with van der Waals surface area (Å²) in [6, 6.07) is 13.0. The molecule has 0 bridgehead atoms. The molecule has 5 rings (SSSR count). The zero-order valence-corrected chi connectivity index (χ0v) is 19.2. The van der Waals surface area contributed by atoms with Crippen LogP contribution >= 0.6 is 0 Å². The Balaban J connectivity index is 1.14. The first-order valence-corrected chi connectivity index (χ1v) is 12.2. The maximum Gasteiger partial charge on any atom is 0.166 e. The first-order chi connectivity index (χ1) is 16.6. The number of rotatable bonds is 7. The Morgan fingerprint density at radius 2 is 1.65 bits per heavy atom. The molecule has 1 unspecified atom stereocenters. The van der Waals surface area contributed by atoms with E-state index < -0.39 is 0 Å². The van der Waals surface area contributed by atoms with Crippen LogP contribution in [0.25, 0.3) is 23.1 Å². The summed E-state index contributed by atoms with van der Waals surface area (Å²) < 4.78 is 31.9. The third kappa shape index (κ3) is 5.07. The molecule has 1 aliphatic heterocycles. The standard InChI is InChI=1S/C28H30F2N2O2/c29-23-8-3-19(4-9-23)18-20-13-16-32(17-14-20)15-1-2-22-7-12-25-26(28(22)33)27(31-34-25)21-5-10-24(30)11-6-21/h3-6,8-12,20,22,33H,1-2,7,13-18H2. The summed E-state index contributed by atoms with van der Waals surface area (Å²) in [6.45, 7) is 3.19. The highest BCUT2D eigenvalue weighted by Crippen LogP contribution is 2.26. The fraction of sp³-hybridized carbons (Fsp3) is 0.393. The molecule has 2 aromatic carbocycles. The van der Waals surface area contributed by atoms with Crippen LogP contribution in [0.1, 0.15) is 37.7 Å². The molecular weight excluding hydrogens is 434 g/mol. The summed E-state index contributed by atoms with van der Waals surface area (Å²) in [5, 5.41) is 15.8. The molecule has 6 heteroatoms.